The van der Waals surface area contributed by atoms with Crippen LogP contribution in [0.2, 0.25) is 0 Å². The largest absolute Gasteiger partial charge is 0.469 e. The molecule has 2 aliphatic heterocycles. The molecule has 21 heavy (non-hydrogen) atoms. The van der Waals surface area contributed by atoms with Gasteiger partial charge in [0.15, 0.2) is 5.96 Å². The van der Waals surface area contributed by atoms with Crippen LogP contribution < -0.4 is 5.32 Å². The van der Waals surface area contributed by atoms with Crippen molar-refractivity contribution in [3.63, 3.8) is 0 Å². The summed E-state index contributed by atoms with van der Waals surface area (Å²) in [4.78, 5) is 20.5. The number of nitrogens with one attached hydrogen (secondary N) is 1. The second kappa shape index (κ2) is 9.45. The zero-order chi connectivity index (χ0) is 14.4. The number of guanidine groups is 1. The summed E-state index contributed by atoms with van der Waals surface area (Å²) >= 11 is 0. The molecule has 0 spiro atoms. The van der Waals surface area contributed by atoms with Gasteiger partial charge in [-0.1, -0.05) is 0 Å². The van der Waals surface area contributed by atoms with Gasteiger partial charge < -0.3 is 19.9 Å². The SMILES string of the molecule is CN=C(NCCN1CCC1)N1CCC(C(=O)OC)CC1.I. The van der Waals surface area contributed by atoms with E-state index < -0.39 is 0 Å². The second-order valence-electron chi connectivity index (χ2n) is 5.45. The first-order valence-electron chi connectivity index (χ1n) is 7.50. The van der Waals surface area contributed by atoms with Gasteiger partial charge in [-0.3, -0.25) is 9.79 Å². The van der Waals surface area contributed by atoms with Gasteiger partial charge in [0.1, 0.15) is 0 Å². The fourth-order valence-corrected chi connectivity index (χ4v) is 2.76. The molecule has 0 radical (unpaired) electrons. The molecular formula is C14H27IN4O2. The lowest BCUT2D eigenvalue weighted by molar-refractivity contribution is -0.146. The normalized spacial score (nSPS) is 20.5. The van der Waals surface area contributed by atoms with E-state index in [2.05, 4.69) is 20.1 Å². The van der Waals surface area contributed by atoms with Crippen molar-refractivity contribution in [1.82, 2.24) is 15.1 Å². The Morgan fingerprint density at radius 3 is 2.43 bits per heavy atom. The maximum atomic E-state index is 11.5. The average molecular weight is 410 g/mol. The highest BCUT2D eigenvalue weighted by atomic mass is 127. The first-order valence-corrected chi connectivity index (χ1v) is 7.50. The lowest BCUT2D eigenvalue weighted by Crippen LogP contribution is -2.49. The van der Waals surface area contributed by atoms with Crippen molar-refractivity contribution in [1.29, 1.82) is 0 Å². The number of methoxy groups -OCH3 is 1. The summed E-state index contributed by atoms with van der Waals surface area (Å²) in [7, 11) is 3.28. The zero-order valence-electron chi connectivity index (χ0n) is 13.0. The number of piperidine rings is 1. The number of nitrogens with zero attached hydrogens (tertiary/aromatic N) is 3. The summed E-state index contributed by atoms with van der Waals surface area (Å²) in [5.41, 5.74) is 0. The van der Waals surface area contributed by atoms with E-state index in [1.165, 1.54) is 26.6 Å². The van der Waals surface area contributed by atoms with Crippen LogP contribution in [-0.4, -0.2) is 75.2 Å². The Bertz CT molecular complexity index is 353. The van der Waals surface area contributed by atoms with Crippen molar-refractivity contribution in [2.75, 3.05) is 53.4 Å². The van der Waals surface area contributed by atoms with Crippen LogP contribution in [0.25, 0.3) is 0 Å². The first-order chi connectivity index (χ1) is 9.74. The summed E-state index contributed by atoms with van der Waals surface area (Å²) in [5.74, 6) is 0.926. The molecule has 0 bridgehead atoms. The van der Waals surface area contributed by atoms with Gasteiger partial charge in [0.25, 0.3) is 0 Å². The maximum Gasteiger partial charge on any atom is 0.308 e. The molecule has 1 N–H and O–H groups in total. The summed E-state index contributed by atoms with van der Waals surface area (Å²) in [5, 5.41) is 3.41. The Balaban J connectivity index is 0.00000220. The van der Waals surface area contributed by atoms with E-state index in [0.717, 1.165) is 45.0 Å². The van der Waals surface area contributed by atoms with Gasteiger partial charge in [0, 0.05) is 33.2 Å². The summed E-state index contributed by atoms with van der Waals surface area (Å²) in [6.45, 7) is 6.20. The van der Waals surface area contributed by atoms with Gasteiger partial charge in [0.05, 0.1) is 13.0 Å². The molecular weight excluding hydrogens is 383 g/mol. The van der Waals surface area contributed by atoms with E-state index in [4.69, 9.17) is 4.74 Å². The molecule has 0 saturated carbocycles. The number of aliphatic imine (C=N–C) groups is 1. The fraction of sp³-hybridized carbons (Fsp3) is 0.857. The molecule has 0 aromatic rings. The minimum atomic E-state index is -0.0784. The first kappa shape index (κ1) is 18.5. The number of rotatable bonds is 4. The standard InChI is InChI=1S/C14H26N4O2.HI/c1-15-14(16-6-11-17-7-3-8-17)18-9-4-12(5-10-18)13(19)20-2;/h12H,3-11H2,1-2H3,(H,15,16);1H. The van der Waals surface area contributed by atoms with Gasteiger partial charge in [-0.05, 0) is 32.4 Å². The maximum absolute atomic E-state index is 11.5. The highest BCUT2D eigenvalue weighted by Crippen LogP contribution is 2.18. The Morgan fingerprint density at radius 2 is 1.95 bits per heavy atom. The molecule has 6 nitrogen and oxygen atoms in total. The molecule has 2 aliphatic rings. The third kappa shape index (κ3) is 5.28. The van der Waals surface area contributed by atoms with E-state index >= 15 is 0 Å². The summed E-state index contributed by atoms with van der Waals surface area (Å²) < 4.78 is 4.81. The molecule has 2 heterocycles. The number of esters is 1. The quantitative estimate of drug-likeness (QED) is 0.321. The number of hydrogen-bond acceptors (Lipinski definition) is 4. The number of ether oxygens (including phenoxy) is 1. The van der Waals surface area contributed by atoms with Crippen LogP contribution in [-0.2, 0) is 9.53 Å². The molecule has 2 rings (SSSR count). The number of halogens is 1. The van der Waals surface area contributed by atoms with Gasteiger partial charge in [0.2, 0.25) is 0 Å². The van der Waals surface area contributed by atoms with Gasteiger partial charge in [-0.15, -0.1) is 24.0 Å². The summed E-state index contributed by atoms with van der Waals surface area (Å²) in [6, 6.07) is 0. The fourth-order valence-electron chi connectivity index (χ4n) is 2.76. The minimum Gasteiger partial charge on any atom is -0.469 e. The summed E-state index contributed by atoms with van der Waals surface area (Å²) in [6.07, 6.45) is 3.02. The molecule has 122 valence electrons. The highest BCUT2D eigenvalue weighted by Gasteiger charge is 2.26. The molecule has 0 aromatic carbocycles. The Labute approximate surface area is 144 Å². The third-order valence-corrected chi connectivity index (χ3v) is 4.20. The molecule has 0 atom stereocenters. The van der Waals surface area contributed by atoms with E-state index in [1.807, 2.05) is 7.05 Å². The topological polar surface area (TPSA) is 57.2 Å². The van der Waals surface area contributed by atoms with Gasteiger partial charge >= 0.3 is 5.97 Å². The Hall–Kier alpha value is -0.570. The van der Waals surface area contributed by atoms with E-state index in [9.17, 15) is 4.79 Å². The minimum absolute atomic E-state index is 0. The zero-order valence-corrected chi connectivity index (χ0v) is 15.3. The lowest BCUT2D eigenvalue weighted by Gasteiger charge is -2.34. The molecule has 0 amide bonds. The molecule has 0 unspecified atom stereocenters. The van der Waals surface area contributed by atoms with Crippen LogP contribution in [0.1, 0.15) is 19.3 Å². The molecule has 0 aliphatic carbocycles. The van der Waals surface area contributed by atoms with Crippen LogP contribution in [0, 0.1) is 5.92 Å². The van der Waals surface area contributed by atoms with Crippen LogP contribution in [0.4, 0.5) is 0 Å². The number of carbonyl (C=O) groups is 1. The molecule has 7 heteroatoms. The van der Waals surface area contributed by atoms with E-state index in [-0.39, 0.29) is 35.9 Å². The van der Waals surface area contributed by atoms with Crippen LogP contribution >= 0.6 is 24.0 Å². The smallest absolute Gasteiger partial charge is 0.308 e. The number of hydrogen-bond donors (Lipinski definition) is 1. The van der Waals surface area contributed by atoms with Crippen molar-refractivity contribution >= 4 is 35.9 Å². The Kier molecular flexibility index (Phi) is 8.31. The van der Waals surface area contributed by atoms with Crippen molar-refractivity contribution in [2.45, 2.75) is 19.3 Å². The molecule has 0 aromatic heterocycles. The molecule has 2 fully saturated rings. The van der Waals surface area contributed by atoms with Crippen LogP contribution in [0.3, 0.4) is 0 Å². The van der Waals surface area contributed by atoms with Crippen molar-refractivity contribution in [3.05, 3.63) is 0 Å². The number of carbonyl (C=O) groups excluding carboxylic acids is 1. The monoisotopic (exact) mass is 410 g/mol. The van der Waals surface area contributed by atoms with E-state index in [0.29, 0.717) is 0 Å². The molecule has 2 saturated heterocycles. The van der Waals surface area contributed by atoms with Gasteiger partial charge in [-0.25, -0.2) is 0 Å². The van der Waals surface area contributed by atoms with E-state index in [1.54, 1.807) is 0 Å². The predicted octanol–water partition coefficient (Wildman–Crippen LogP) is 0.770. The average Bonchev–Trinajstić information content (AvgIpc) is 2.45. The highest BCUT2D eigenvalue weighted by molar-refractivity contribution is 14.0. The van der Waals surface area contributed by atoms with Crippen molar-refractivity contribution in [2.24, 2.45) is 10.9 Å². The van der Waals surface area contributed by atoms with Gasteiger partial charge in [-0.2, -0.15) is 0 Å². The van der Waals surface area contributed by atoms with Crippen LogP contribution in [0.15, 0.2) is 4.99 Å². The predicted molar refractivity (Wildman–Crippen MR) is 94.1 cm³/mol. The Morgan fingerprint density at radius 1 is 1.29 bits per heavy atom. The number of likely N-dealkylation sites (tertiary alicyclic amines) is 2. The second-order valence-corrected chi connectivity index (χ2v) is 5.45. The van der Waals surface area contributed by atoms with Crippen molar-refractivity contribution < 1.29 is 9.53 Å². The van der Waals surface area contributed by atoms with Crippen LogP contribution in [0.5, 0.6) is 0 Å². The lowest BCUT2D eigenvalue weighted by atomic mass is 9.97. The van der Waals surface area contributed by atoms with Crippen molar-refractivity contribution in [3.8, 4) is 0 Å². The third-order valence-electron chi connectivity index (χ3n) is 4.20.